The molecule has 1 aliphatic rings. The maximum absolute atomic E-state index is 14.0. The van der Waals surface area contributed by atoms with Gasteiger partial charge in [-0.05, 0) is 57.2 Å². The minimum Gasteiger partial charge on any atom is -0.444 e. The monoisotopic (exact) mass is 508 g/mol. The van der Waals surface area contributed by atoms with Crippen molar-refractivity contribution in [3.05, 3.63) is 35.4 Å². The van der Waals surface area contributed by atoms with Crippen molar-refractivity contribution in [3.63, 3.8) is 0 Å². The third-order valence-electron chi connectivity index (χ3n) is 6.58. The summed E-state index contributed by atoms with van der Waals surface area (Å²) in [4.78, 5) is 41.5. The van der Waals surface area contributed by atoms with Gasteiger partial charge in [0, 0.05) is 11.6 Å². The maximum atomic E-state index is 14.0. The van der Waals surface area contributed by atoms with Gasteiger partial charge in [0.25, 0.3) is 0 Å². The van der Waals surface area contributed by atoms with Crippen LogP contribution in [0.5, 0.6) is 0 Å². The summed E-state index contributed by atoms with van der Waals surface area (Å²) in [6.07, 6.45) is 10.3. The molecule has 3 atom stereocenters. The second kappa shape index (κ2) is 13.7. The number of alkyl carbamates (subject to hydrolysis) is 1. The summed E-state index contributed by atoms with van der Waals surface area (Å²) in [6.45, 7) is 8.62. The molecule has 37 heavy (non-hydrogen) atoms. The number of hydrogen-bond acceptors (Lipinski definition) is 5. The molecule has 8 heteroatoms. The van der Waals surface area contributed by atoms with Crippen molar-refractivity contribution in [1.82, 2.24) is 15.5 Å². The van der Waals surface area contributed by atoms with Gasteiger partial charge in [-0.25, -0.2) is 4.79 Å². The van der Waals surface area contributed by atoms with E-state index in [4.69, 9.17) is 11.2 Å². The highest BCUT2D eigenvalue weighted by Crippen LogP contribution is 2.26. The first-order valence-corrected chi connectivity index (χ1v) is 13.0. The van der Waals surface area contributed by atoms with Crippen LogP contribution in [0.25, 0.3) is 0 Å². The third-order valence-corrected chi connectivity index (χ3v) is 6.58. The fourth-order valence-electron chi connectivity index (χ4n) is 4.43. The number of nitriles is 1. The predicted octanol–water partition coefficient (Wildman–Crippen LogP) is 4.45. The average molecular weight is 509 g/mol. The Hall–Kier alpha value is -3.52. The SMILES string of the molecule is C#Cc1ccc(C(C(=O)NC2CCCCC2)N(CC#N)C(=O)C(NC(=O)OC(C)(C)C)C(C)CC)cc1. The molecule has 3 amide bonds. The molecule has 3 unspecified atom stereocenters. The number of amides is 3. The van der Waals surface area contributed by atoms with Gasteiger partial charge in [0.15, 0.2) is 0 Å². The predicted molar refractivity (Wildman–Crippen MR) is 142 cm³/mol. The standard InChI is InChI=1S/C29H40N4O4/c1-7-20(3)24(32-28(36)37-29(4,5)6)27(35)33(19-18-30)25(22-16-14-21(8-2)15-17-22)26(34)31-23-12-10-9-11-13-23/h2,14-17,20,23-25H,7,9-13,19H2,1,3-6H3,(H,31,34)(H,32,36). The fourth-order valence-corrected chi connectivity index (χ4v) is 4.43. The third kappa shape index (κ3) is 8.82. The largest absolute Gasteiger partial charge is 0.444 e. The minimum absolute atomic E-state index is 0.0121. The van der Waals surface area contributed by atoms with Crippen molar-refractivity contribution in [2.45, 2.75) is 96.9 Å². The minimum atomic E-state index is -1.06. The van der Waals surface area contributed by atoms with Gasteiger partial charge in [-0.15, -0.1) is 6.42 Å². The second-order valence-electron chi connectivity index (χ2n) is 10.6. The molecule has 0 saturated heterocycles. The van der Waals surface area contributed by atoms with Gasteiger partial charge in [-0.2, -0.15) is 5.26 Å². The van der Waals surface area contributed by atoms with E-state index in [1.54, 1.807) is 45.0 Å². The summed E-state index contributed by atoms with van der Waals surface area (Å²) in [5.41, 5.74) is 0.425. The Morgan fingerprint density at radius 2 is 1.78 bits per heavy atom. The average Bonchev–Trinajstić information content (AvgIpc) is 2.86. The lowest BCUT2D eigenvalue weighted by Crippen LogP contribution is -2.55. The molecule has 2 rings (SSSR count). The van der Waals surface area contributed by atoms with E-state index < -0.39 is 29.7 Å². The van der Waals surface area contributed by atoms with Crippen molar-refractivity contribution in [2.24, 2.45) is 5.92 Å². The van der Waals surface area contributed by atoms with Crippen LogP contribution in [0.3, 0.4) is 0 Å². The molecule has 1 aromatic carbocycles. The molecule has 0 aliphatic heterocycles. The summed E-state index contributed by atoms with van der Waals surface area (Å²) < 4.78 is 5.39. The van der Waals surface area contributed by atoms with Gasteiger partial charge in [0.05, 0.1) is 6.07 Å². The van der Waals surface area contributed by atoms with E-state index in [2.05, 4.69) is 16.6 Å². The van der Waals surface area contributed by atoms with Crippen LogP contribution in [0.2, 0.25) is 0 Å². The first kappa shape index (κ1) is 29.7. The normalized spacial score (nSPS) is 16.3. The van der Waals surface area contributed by atoms with Crippen LogP contribution in [0.1, 0.15) is 90.3 Å². The van der Waals surface area contributed by atoms with Crippen LogP contribution in [0.4, 0.5) is 4.79 Å². The highest BCUT2D eigenvalue weighted by atomic mass is 16.6. The summed E-state index contributed by atoms with van der Waals surface area (Å²) in [7, 11) is 0. The Balaban J connectivity index is 2.46. The first-order valence-electron chi connectivity index (χ1n) is 13.0. The molecule has 1 aliphatic carbocycles. The fraction of sp³-hybridized carbons (Fsp3) is 0.586. The van der Waals surface area contributed by atoms with Gasteiger partial charge >= 0.3 is 6.09 Å². The molecule has 1 aromatic rings. The summed E-state index contributed by atoms with van der Waals surface area (Å²) >= 11 is 0. The Morgan fingerprint density at radius 1 is 1.16 bits per heavy atom. The number of nitrogens with zero attached hydrogens (tertiary/aromatic N) is 2. The topological polar surface area (TPSA) is 112 Å². The van der Waals surface area contributed by atoms with E-state index >= 15 is 0 Å². The summed E-state index contributed by atoms with van der Waals surface area (Å²) in [5, 5.41) is 15.5. The van der Waals surface area contributed by atoms with Crippen LogP contribution in [-0.2, 0) is 14.3 Å². The molecule has 0 bridgehead atoms. The zero-order valence-electron chi connectivity index (χ0n) is 22.7. The number of benzene rings is 1. The van der Waals surface area contributed by atoms with Gasteiger partial charge in [0.2, 0.25) is 11.8 Å². The number of carbonyl (C=O) groups excluding carboxylic acids is 3. The number of terminal acetylenes is 1. The van der Waals surface area contributed by atoms with E-state index in [9.17, 15) is 19.6 Å². The molecule has 8 nitrogen and oxygen atoms in total. The molecule has 1 fully saturated rings. The van der Waals surface area contributed by atoms with Crippen LogP contribution >= 0.6 is 0 Å². The number of ether oxygens (including phenoxy) is 1. The smallest absolute Gasteiger partial charge is 0.408 e. The number of carbonyl (C=O) groups is 3. The summed E-state index contributed by atoms with van der Waals surface area (Å²) in [6, 6.07) is 6.82. The van der Waals surface area contributed by atoms with Crippen molar-refractivity contribution in [2.75, 3.05) is 6.54 Å². The molecule has 2 N–H and O–H groups in total. The van der Waals surface area contributed by atoms with Crippen LogP contribution < -0.4 is 10.6 Å². The molecular weight excluding hydrogens is 468 g/mol. The van der Waals surface area contributed by atoms with Gasteiger partial charge in [0.1, 0.15) is 24.2 Å². The molecule has 0 aromatic heterocycles. The Bertz CT molecular complexity index is 1010. The molecule has 1 saturated carbocycles. The Labute approximate surface area is 221 Å². The number of nitrogens with one attached hydrogen (secondary N) is 2. The van der Waals surface area contributed by atoms with Crippen molar-refractivity contribution >= 4 is 17.9 Å². The molecule has 0 spiro atoms. The highest BCUT2D eigenvalue weighted by Gasteiger charge is 2.38. The van der Waals surface area contributed by atoms with E-state index in [0.717, 1.165) is 32.1 Å². The summed E-state index contributed by atoms with van der Waals surface area (Å²) in [5.74, 6) is 1.40. The van der Waals surface area contributed by atoms with Gasteiger partial charge in [-0.1, -0.05) is 57.6 Å². The van der Waals surface area contributed by atoms with Gasteiger partial charge in [-0.3, -0.25) is 9.59 Å². The van der Waals surface area contributed by atoms with E-state index in [1.807, 2.05) is 19.9 Å². The molecular formula is C29H40N4O4. The van der Waals surface area contributed by atoms with E-state index in [1.165, 1.54) is 4.90 Å². The van der Waals surface area contributed by atoms with Crippen molar-refractivity contribution in [3.8, 4) is 18.4 Å². The Morgan fingerprint density at radius 3 is 2.30 bits per heavy atom. The van der Waals surface area contributed by atoms with Crippen molar-refractivity contribution in [1.29, 1.82) is 5.26 Å². The van der Waals surface area contributed by atoms with Crippen LogP contribution in [0, 0.1) is 29.6 Å². The van der Waals surface area contributed by atoms with E-state index in [-0.39, 0.29) is 24.4 Å². The molecule has 200 valence electrons. The quantitative estimate of drug-likeness (QED) is 0.378. The van der Waals surface area contributed by atoms with Crippen LogP contribution in [0.15, 0.2) is 24.3 Å². The van der Waals surface area contributed by atoms with Crippen LogP contribution in [-0.4, -0.2) is 47.0 Å². The lowest BCUT2D eigenvalue weighted by atomic mass is 9.93. The lowest BCUT2D eigenvalue weighted by molar-refractivity contribution is -0.143. The zero-order chi connectivity index (χ0) is 27.6. The number of hydrogen-bond donors (Lipinski definition) is 2. The molecule has 0 radical (unpaired) electrons. The Kier molecular flexibility index (Phi) is 11.0. The molecule has 0 heterocycles. The van der Waals surface area contributed by atoms with Crippen molar-refractivity contribution < 1.29 is 19.1 Å². The highest BCUT2D eigenvalue weighted by molar-refractivity contribution is 5.92. The van der Waals surface area contributed by atoms with Gasteiger partial charge < -0.3 is 20.3 Å². The van der Waals surface area contributed by atoms with E-state index in [0.29, 0.717) is 17.5 Å². The first-order chi connectivity index (χ1) is 17.5. The lowest BCUT2D eigenvalue weighted by Gasteiger charge is -2.35. The second-order valence-corrected chi connectivity index (χ2v) is 10.6. The zero-order valence-corrected chi connectivity index (χ0v) is 22.7. The maximum Gasteiger partial charge on any atom is 0.408 e. The number of rotatable bonds is 9.